The molecule has 2 unspecified atom stereocenters. The average Bonchev–Trinajstić information content (AvgIpc) is 2.66. The van der Waals surface area contributed by atoms with E-state index in [1.54, 1.807) is 12.1 Å². The molecule has 0 spiro atoms. The van der Waals surface area contributed by atoms with Gasteiger partial charge in [-0.25, -0.2) is 0 Å². The van der Waals surface area contributed by atoms with Crippen molar-refractivity contribution in [2.24, 2.45) is 0 Å². The SMILES string of the molecule is O=CC(O)(C(=O)c1ccccc1)C(O)(C=O)C(=O)c1ccccc1. The number of benzene rings is 2. The molecule has 6 heteroatoms. The van der Waals surface area contributed by atoms with E-state index in [-0.39, 0.29) is 23.7 Å². The maximum Gasteiger partial charge on any atom is 0.226 e. The van der Waals surface area contributed by atoms with Gasteiger partial charge in [0.25, 0.3) is 0 Å². The molecule has 0 saturated carbocycles. The smallest absolute Gasteiger partial charge is 0.226 e. The van der Waals surface area contributed by atoms with Crippen molar-refractivity contribution in [1.29, 1.82) is 0 Å². The van der Waals surface area contributed by atoms with E-state index in [0.29, 0.717) is 0 Å². The summed E-state index contributed by atoms with van der Waals surface area (Å²) in [5.41, 5.74) is -6.76. The number of aliphatic hydroxyl groups is 2. The Morgan fingerprint density at radius 2 is 0.958 bits per heavy atom. The molecule has 0 aromatic heterocycles. The van der Waals surface area contributed by atoms with Crippen molar-refractivity contribution in [3.8, 4) is 0 Å². The van der Waals surface area contributed by atoms with Crippen molar-refractivity contribution in [3.05, 3.63) is 71.8 Å². The van der Waals surface area contributed by atoms with Gasteiger partial charge in [0, 0.05) is 11.1 Å². The summed E-state index contributed by atoms with van der Waals surface area (Å²) in [4.78, 5) is 47.9. The van der Waals surface area contributed by atoms with Gasteiger partial charge in [-0.1, -0.05) is 60.7 Å². The van der Waals surface area contributed by atoms with Gasteiger partial charge in [0.2, 0.25) is 22.8 Å². The average molecular weight is 326 g/mol. The molecule has 24 heavy (non-hydrogen) atoms. The molecule has 2 aromatic carbocycles. The predicted molar refractivity (Wildman–Crippen MR) is 83.6 cm³/mol. The third-order valence-corrected chi connectivity index (χ3v) is 3.69. The molecule has 0 aliphatic heterocycles. The molecule has 0 bridgehead atoms. The molecular weight excluding hydrogens is 312 g/mol. The van der Waals surface area contributed by atoms with Crippen molar-refractivity contribution in [3.63, 3.8) is 0 Å². The zero-order chi connectivity index (χ0) is 17.8. The van der Waals surface area contributed by atoms with Gasteiger partial charge < -0.3 is 10.2 Å². The van der Waals surface area contributed by atoms with E-state index in [4.69, 9.17) is 0 Å². The van der Waals surface area contributed by atoms with Crippen LogP contribution in [0.3, 0.4) is 0 Å². The molecule has 2 N–H and O–H groups in total. The van der Waals surface area contributed by atoms with Crippen LogP contribution in [0.15, 0.2) is 60.7 Å². The van der Waals surface area contributed by atoms with Gasteiger partial charge in [-0.3, -0.25) is 19.2 Å². The zero-order valence-corrected chi connectivity index (χ0v) is 12.5. The standard InChI is InChI=1S/C18H14O6/c19-11-17(23,15(21)13-7-3-1-4-8-13)18(24,12-20)16(22)14-9-5-2-6-10-14/h1-12,23-24H. The predicted octanol–water partition coefficient (Wildman–Crippen LogP) is 0.612. The Morgan fingerprint density at radius 1 is 0.667 bits per heavy atom. The number of Topliss-reactive ketones (excluding diaryl/α,β-unsaturated/α-hetero) is 2. The highest BCUT2D eigenvalue weighted by Crippen LogP contribution is 2.27. The number of ketones is 2. The summed E-state index contributed by atoms with van der Waals surface area (Å²) < 4.78 is 0. The highest BCUT2D eigenvalue weighted by Gasteiger charge is 2.60. The molecule has 6 nitrogen and oxygen atoms in total. The maximum absolute atomic E-state index is 12.5. The van der Waals surface area contributed by atoms with E-state index >= 15 is 0 Å². The van der Waals surface area contributed by atoms with Gasteiger partial charge in [0.15, 0.2) is 12.6 Å². The van der Waals surface area contributed by atoms with Gasteiger partial charge in [-0.05, 0) is 0 Å². The summed E-state index contributed by atoms with van der Waals surface area (Å²) in [6.07, 6.45) is -0.588. The first kappa shape index (κ1) is 17.4. The Hall–Kier alpha value is -2.96. The van der Waals surface area contributed by atoms with Crippen molar-refractivity contribution in [2.45, 2.75) is 11.2 Å². The van der Waals surface area contributed by atoms with Gasteiger partial charge in [-0.15, -0.1) is 0 Å². The molecule has 2 atom stereocenters. The lowest BCUT2D eigenvalue weighted by Crippen LogP contribution is -2.65. The van der Waals surface area contributed by atoms with Crippen molar-refractivity contribution in [1.82, 2.24) is 0 Å². The minimum absolute atomic E-state index is 0.131. The van der Waals surface area contributed by atoms with Crippen LogP contribution in [0.5, 0.6) is 0 Å². The Kier molecular flexibility index (Phi) is 4.82. The second-order valence-corrected chi connectivity index (χ2v) is 5.16. The fourth-order valence-electron chi connectivity index (χ4n) is 2.25. The monoisotopic (exact) mass is 326 g/mol. The van der Waals surface area contributed by atoms with Crippen LogP contribution in [0, 0.1) is 0 Å². The summed E-state index contributed by atoms with van der Waals surface area (Å²) in [6.45, 7) is 0. The molecule has 0 saturated heterocycles. The lowest BCUT2D eigenvalue weighted by atomic mass is 9.75. The molecule has 2 rings (SSSR count). The van der Waals surface area contributed by atoms with Gasteiger partial charge in [0.05, 0.1) is 0 Å². The fourth-order valence-corrected chi connectivity index (χ4v) is 2.25. The minimum atomic E-state index is -3.25. The fraction of sp³-hybridized carbons (Fsp3) is 0.111. The zero-order valence-electron chi connectivity index (χ0n) is 12.5. The molecule has 0 heterocycles. The molecule has 0 aliphatic rings. The van der Waals surface area contributed by atoms with Crippen LogP contribution in [-0.4, -0.2) is 45.6 Å². The van der Waals surface area contributed by atoms with E-state index in [1.165, 1.54) is 48.5 Å². The number of aldehydes is 2. The molecular formula is C18H14O6. The summed E-state index contributed by atoms with van der Waals surface area (Å²) in [5.74, 6) is -2.51. The minimum Gasteiger partial charge on any atom is -0.372 e. The van der Waals surface area contributed by atoms with Crippen molar-refractivity contribution in [2.75, 3.05) is 0 Å². The van der Waals surface area contributed by atoms with Gasteiger partial charge in [0.1, 0.15) is 0 Å². The van der Waals surface area contributed by atoms with Crippen LogP contribution in [0.2, 0.25) is 0 Å². The topological polar surface area (TPSA) is 109 Å². The van der Waals surface area contributed by atoms with Gasteiger partial charge in [-0.2, -0.15) is 0 Å². The summed E-state index contributed by atoms with van der Waals surface area (Å²) in [6, 6.07) is 14.2. The lowest BCUT2D eigenvalue weighted by molar-refractivity contribution is -0.148. The lowest BCUT2D eigenvalue weighted by Gasteiger charge is -2.33. The second kappa shape index (κ2) is 6.66. The summed E-state index contributed by atoms with van der Waals surface area (Å²) >= 11 is 0. The molecule has 2 aromatic rings. The van der Waals surface area contributed by atoms with Crippen LogP contribution < -0.4 is 0 Å². The molecule has 122 valence electrons. The Balaban J connectivity index is 2.56. The number of rotatable bonds is 7. The summed E-state index contributed by atoms with van der Waals surface area (Å²) in [5, 5.41) is 20.9. The Bertz CT molecular complexity index is 703. The number of carbonyl (C=O) groups excluding carboxylic acids is 4. The maximum atomic E-state index is 12.5. The first-order chi connectivity index (χ1) is 11.4. The first-order valence-electron chi connectivity index (χ1n) is 6.98. The van der Waals surface area contributed by atoms with Crippen molar-refractivity contribution < 1.29 is 29.4 Å². The van der Waals surface area contributed by atoms with E-state index in [0.717, 1.165) is 0 Å². The molecule has 0 radical (unpaired) electrons. The van der Waals surface area contributed by atoms with Crippen LogP contribution in [-0.2, 0) is 9.59 Å². The van der Waals surface area contributed by atoms with E-state index < -0.39 is 22.8 Å². The van der Waals surface area contributed by atoms with Crippen molar-refractivity contribution >= 4 is 24.1 Å². The van der Waals surface area contributed by atoms with Crippen LogP contribution in [0.1, 0.15) is 20.7 Å². The first-order valence-corrected chi connectivity index (χ1v) is 6.98. The third kappa shape index (κ3) is 2.68. The van der Waals surface area contributed by atoms with E-state index in [9.17, 15) is 29.4 Å². The second-order valence-electron chi connectivity index (χ2n) is 5.16. The highest BCUT2D eigenvalue weighted by atomic mass is 16.4. The molecule has 0 aliphatic carbocycles. The van der Waals surface area contributed by atoms with E-state index in [1.807, 2.05) is 0 Å². The quantitative estimate of drug-likeness (QED) is 0.438. The van der Waals surface area contributed by atoms with E-state index in [2.05, 4.69) is 0 Å². The third-order valence-electron chi connectivity index (χ3n) is 3.69. The van der Waals surface area contributed by atoms with Crippen LogP contribution in [0.25, 0.3) is 0 Å². The Labute approximate surface area is 137 Å². The highest BCUT2D eigenvalue weighted by molar-refractivity contribution is 6.24. The number of hydrogen-bond acceptors (Lipinski definition) is 6. The molecule has 0 fully saturated rings. The normalized spacial score (nSPS) is 15.6. The van der Waals surface area contributed by atoms with Gasteiger partial charge >= 0.3 is 0 Å². The number of carbonyl (C=O) groups is 4. The Morgan fingerprint density at radius 3 is 1.21 bits per heavy atom. The molecule has 0 amide bonds. The summed E-state index contributed by atoms with van der Waals surface area (Å²) in [7, 11) is 0. The largest absolute Gasteiger partial charge is 0.372 e. The van der Waals surface area contributed by atoms with Crippen LogP contribution in [0.4, 0.5) is 0 Å². The van der Waals surface area contributed by atoms with Crippen LogP contribution >= 0.6 is 0 Å². The number of hydrogen-bond donors (Lipinski definition) is 2.